The van der Waals surface area contributed by atoms with Crippen LogP contribution in [0.3, 0.4) is 0 Å². The summed E-state index contributed by atoms with van der Waals surface area (Å²) in [4.78, 5) is 2.69. The van der Waals surface area contributed by atoms with Crippen molar-refractivity contribution in [2.75, 3.05) is 31.9 Å². The molecule has 5 nitrogen and oxygen atoms in total. The number of piperidine rings is 1. The van der Waals surface area contributed by atoms with Crippen LogP contribution >= 0.6 is 0 Å². The normalized spacial score (nSPS) is 18.5. The molecule has 1 heterocycles. The molecule has 0 spiro atoms. The molecule has 0 bridgehead atoms. The summed E-state index contributed by atoms with van der Waals surface area (Å²) in [6.07, 6.45) is 3.82. The number of hydrogen-bond donors (Lipinski definition) is 2. The Kier molecular flexibility index (Phi) is 5.61. The van der Waals surface area contributed by atoms with Gasteiger partial charge in [-0.25, -0.2) is 13.1 Å². The van der Waals surface area contributed by atoms with Crippen molar-refractivity contribution in [2.45, 2.75) is 31.1 Å². The van der Waals surface area contributed by atoms with E-state index in [9.17, 15) is 8.42 Å². The number of nitrogen functional groups attached to an aromatic ring is 1. The van der Waals surface area contributed by atoms with Crippen LogP contribution in [-0.2, 0) is 10.0 Å². The maximum absolute atomic E-state index is 12.2. The van der Waals surface area contributed by atoms with Gasteiger partial charge in [0.2, 0.25) is 10.0 Å². The highest BCUT2D eigenvalue weighted by atomic mass is 32.2. The van der Waals surface area contributed by atoms with Crippen molar-refractivity contribution >= 4 is 15.7 Å². The minimum atomic E-state index is -3.44. The third kappa shape index (κ3) is 4.98. The van der Waals surface area contributed by atoms with Gasteiger partial charge in [-0.3, -0.25) is 0 Å². The second-order valence-corrected chi connectivity index (χ2v) is 7.65. The molecule has 1 unspecified atom stereocenters. The topological polar surface area (TPSA) is 75.4 Å². The Labute approximate surface area is 127 Å². The fourth-order valence-corrected chi connectivity index (χ4v) is 3.79. The van der Waals surface area contributed by atoms with Gasteiger partial charge in [0.05, 0.1) is 4.90 Å². The minimum absolute atomic E-state index is 0.266. The quantitative estimate of drug-likeness (QED) is 0.784. The lowest BCUT2D eigenvalue weighted by Gasteiger charge is -2.29. The molecule has 1 aromatic rings. The van der Waals surface area contributed by atoms with Gasteiger partial charge >= 0.3 is 0 Å². The number of nitrogens with one attached hydrogen (secondary N) is 1. The summed E-state index contributed by atoms with van der Waals surface area (Å²) in [5, 5.41) is 0. The average molecular weight is 311 g/mol. The second-order valence-electron chi connectivity index (χ2n) is 5.89. The van der Waals surface area contributed by atoms with E-state index in [1.807, 2.05) is 0 Å². The fourth-order valence-electron chi connectivity index (χ4n) is 2.63. The summed E-state index contributed by atoms with van der Waals surface area (Å²) >= 11 is 0. The second kappa shape index (κ2) is 7.24. The molecule has 0 aliphatic carbocycles. The van der Waals surface area contributed by atoms with Gasteiger partial charge in [-0.1, -0.05) is 13.3 Å². The molecule has 0 amide bonds. The van der Waals surface area contributed by atoms with Crippen LogP contribution in [0.4, 0.5) is 5.69 Å². The van der Waals surface area contributed by atoms with Crippen molar-refractivity contribution in [3.05, 3.63) is 24.3 Å². The summed E-state index contributed by atoms with van der Waals surface area (Å²) in [5.74, 6) is 0.298. The average Bonchev–Trinajstić information content (AvgIpc) is 2.47. The molecule has 1 aliphatic heterocycles. The van der Waals surface area contributed by atoms with Crippen LogP contribution in [0.15, 0.2) is 29.2 Å². The Balaban J connectivity index is 1.84. The largest absolute Gasteiger partial charge is 0.399 e. The lowest BCUT2D eigenvalue weighted by Crippen LogP contribution is -2.38. The highest BCUT2D eigenvalue weighted by Crippen LogP contribution is 2.13. The summed E-state index contributed by atoms with van der Waals surface area (Å²) in [6.45, 7) is 5.76. The highest BCUT2D eigenvalue weighted by molar-refractivity contribution is 7.89. The molecular formula is C15H25N3O2S. The molecule has 21 heavy (non-hydrogen) atoms. The number of nitrogens with zero attached hydrogens (tertiary/aromatic N) is 1. The molecule has 1 atom stereocenters. The first-order chi connectivity index (χ1) is 9.97. The first kappa shape index (κ1) is 16.3. The van der Waals surface area contributed by atoms with Crippen LogP contribution in [0.25, 0.3) is 0 Å². The lowest BCUT2D eigenvalue weighted by molar-refractivity contribution is 0.201. The molecule has 1 saturated heterocycles. The van der Waals surface area contributed by atoms with Crippen LogP contribution in [0.5, 0.6) is 0 Å². The van der Waals surface area contributed by atoms with Crippen molar-refractivity contribution in [3.8, 4) is 0 Å². The summed E-state index contributed by atoms with van der Waals surface area (Å²) in [7, 11) is -3.44. The standard InChI is InChI=1S/C15H25N3O2S/c1-13(12-18-9-3-2-4-10-18)11-17-21(19,20)15-7-5-14(16)6-8-15/h5-8,13,17H,2-4,9-12,16H2,1H3. The molecule has 1 aromatic carbocycles. The molecular weight excluding hydrogens is 286 g/mol. The van der Waals surface area contributed by atoms with Crippen LogP contribution in [0.1, 0.15) is 26.2 Å². The van der Waals surface area contributed by atoms with Crippen molar-refractivity contribution in [1.29, 1.82) is 0 Å². The number of nitrogens with two attached hydrogens (primary N) is 1. The highest BCUT2D eigenvalue weighted by Gasteiger charge is 2.17. The molecule has 118 valence electrons. The van der Waals surface area contributed by atoms with E-state index in [1.54, 1.807) is 12.1 Å². The molecule has 1 aliphatic rings. The van der Waals surface area contributed by atoms with Crippen LogP contribution in [0.2, 0.25) is 0 Å². The number of benzene rings is 1. The Morgan fingerprint density at radius 3 is 2.43 bits per heavy atom. The van der Waals surface area contributed by atoms with Crippen LogP contribution < -0.4 is 10.5 Å². The van der Waals surface area contributed by atoms with Crippen molar-refractivity contribution < 1.29 is 8.42 Å². The van der Waals surface area contributed by atoms with E-state index in [1.165, 1.54) is 31.4 Å². The molecule has 0 aromatic heterocycles. The smallest absolute Gasteiger partial charge is 0.240 e. The van der Waals surface area contributed by atoms with E-state index in [2.05, 4.69) is 16.5 Å². The van der Waals surface area contributed by atoms with Gasteiger partial charge in [0.15, 0.2) is 0 Å². The SMILES string of the molecule is CC(CNS(=O)(=O)c1ccc(N)cc1)CN1CCCCC1. The van der Waals surface area contributed by atoms with Crippen LogP contribution in [0, 0.1) is 5.92 Å². The van der Waals surface area contributed by atoms with E-state index >= 15 is 0 Å². The van der Waals surface area contributed by atoms with Crippen molar-refractivity contribution in [3.63, 3.8) is 0 Å². The van der Waals surface area contributed by atoms with E-state index in [0.717, 1.165) is 19.6 Å². The first-order valence-electron chi connectivity index (χ1n) is 7.55. The van der Waals surface area contributed by atoms with Crippen molar-refractivity contribution in [2.24, 2.45) is 5.92 Å². The number of anilines is 1. The number of hydrogen-bond acceptors (Lipinski definition) is 4. The molecule has 6 heteroatoms. The maximum atomic E-state index is 12.2. The first-order valence-corrected chi connectivity index (χ1v) is 9.03. The zero-order valence-corrected chi connectivity index (χ0v) is 13.4. The molecule has 0 radical (unpaired) electrons. The maximum Gasteiger partial charge on any atom is 0.240 e. The van der Waals surface area contributed by atoms with Crippen molar-refractivity contribution in [1.82, 2.24) is 9.62 Å². The predicted molar refractivity (Wildman–Crippen MR) is 85.5 cm³/mol. The third-order valence-corrected chi connectivity index (χ3v) is 5.27. The van der Waals surface area contributed by atoms with Gasteiger partial charge < -0.3 is 10.6 Å². The van der Waals surface area contributed by atoms with Gasteiger partial charge in [-0.05, 0) is 56.1 Å². The number of sulfonamides is 1. The van der Waals surface area contributed by atoms with Gasteiger partial charge in [0, 0.05) is 18.8 Å². The van der Waals surface area contributed by atoms with E-state index in [-0.39, 0.29) is 4.90 Å². The van der Waals surface area contributed by atoms with E-state index < -0.39 is 10.0 Å². The van der Waals surface area contributed by atoms with E-state index in [0.29, 0.717) is 18.2 Å². The summed E-state index contributed by atoms with van der Waals surface area (Å²) in [6, 6.07) is 6.28. The third-order valence-electron chi connectivity index (χ3n) is 3.83. The molecule has 1 fully saturated rings. The van der Waals surface area contributed by atoms with Gasteiger partial charge in [-0.15, -0.1) is 0 Å². The summed E-state index contributed by atoms with van der Waals surface area (Å²) in [5.41, 5.74) is 6.14. The molecule has 0 saturated carbocycles. The Bertz CT molecular complexity index is 537. The summed E-state index contributed by atoms with van der Waals surface area (Å²) < 4.78 is 27.0. The van der Waals surface area contributed by atoms with Gasteiger partial charge in [-0.2, -0.15) is 0 Å². The fraction of sp³-hybridized carbons (Fsp3) is 0.600. The van der Waals surface area contributed by atoms with Gasteiger partial charge in [0.25, 0.3) is 0 Å². The van der Waals surface area contributed by atoms with Gasteiger partial charge in [0.1, 0.15) is 0 Å². The predicted octanol–water partition coefficient (Wildman–Crippen LogP) is 1.67. The zero-order valence-electron chi connectivity index (χ0n) is 12.6. The zero-order chi connectivity index (χ0) is 15.3. The number of rotatable bonds is 6. The lowest BCUT2D eigenvalue weighted by atomic mass is 10.1. The Hall–Kier alpha value is -1.11. The monoisotopic (exact) mass is 311 g/mol. The molecule has 3 N–H and O–H groups in total. The van der Waals surface area contributed by atoms with Crippen LogP contribution in [-0.4, -0.2) is 39.5 Å². The number of likely N-dealkylation sites (tertiary alicyclic amines) is 1. The molecule has 2 rings (SSSR count). The minimum Gasteiger partial charge on any atom is -0.399 e. The Morgan fingerprint density at radius 2 is 1.81 bits per heavy atom. The Morgan fingerprint density at radius 1 is 1.19 bits per heavy atom. The van der Waals surface area contributed by atoms with E-state index in [4.69, 9.17) is 5.73 Å².